The number of nitrogens with zero attached hydrogens (tertiary/aromatic N) is 6. The summed E-state index contributed by atoms with van der Waals surface area (Å²) in [7, 11) is 0. The first-order valence-corrected chi connectivity index (χ1v) is 6.45. The predicted octanol–water partition coefficient (Wildman–Crippen LogP) is 2.08. The molecule has 102 valence electrons. The van der Waals surface area contributed by atoms with Gasteiger partial charge in [0.1, 0.15) is 0 Å². The van der Waals surface area contributed by atoms with Crippen LogP contribution in [0, 0.1) is 27.7 Å². The van der Waals surface area contributed by atoms with E-state index in [1.807, 2.05) is 50.6 Å². The Kier molecular flexibility index (Phi) is 2.85. The van der Waals surface area contributed by atoms with Crippen LogP contribution in [0.4, 0.5) is 0 Å². The summed E-state index contributed by atoms with van der Waals surface area (Å²) in [6.45, 7) is 7.91. The molecule has 0 radical (unpaired) electrons. The summed E-state index contributed by atoms with van der Waals surface area (Å²) in [6.07, 6.45) is 1.73. The summed E-state index contributed by atoms with van der Waals surface area (Å²) in [5.41, 5.74) is 3.96. The van der Waals surface area contributed by atoms with Gasteiger partial charge in [0.15, 0.2) is 5.82 Å². The highest BCUT2D eigenvalue weighted by atomic mass is 15.4. The van der Waals surface area contributed by atoms with Crippen molar-refractivity contribution in [3.8, 4) is 11.8 Å². The van der Waals surface area contributed by atoms with Crippen LogP contribution in [0.15, 0.2) is 24.4 Å². The van der Waals surface area contributed by atoms with Gasteiger partial charge in [0, 0.05) is 23.7 Å². The Bertz CT molecular complexity index is 706. The largest absolute Gasteiger partial charge is 0.252 e. The third-order valence-electron chi connectivity index (χ3n) is 3.05. The van der Waals surface area contributed by atoms with Gasteiger partial charge in [0.25, 0.3) is 5.95 Å². The zero-order chi connectivity index (χ0) is 14.3. The first kappa shape index (κ1) is 12.5. The predicted molar refractivity (Wildman–Crippen MR) is 75.2 cm³/mol. The van der Waals surface area contributed by atoms with Crippen molar-refractivity contribution in [3.05, 3.63) is 47.2 Å². The van der Waals surface area contributed by atoms with Gasteiger partial charge >= 0.3 is 0 Å². The van der Waals surface area contributed by atoms with Crippen molar-refractivity contribution in [1.29, 1.82) is 0 Å². The maximum atomic E-state index is 4.55. The molecule has 0 amide bonds. The highest BCUT2D eigenvalue weighted by molar-refractivity contribution is 5.29. The fraction of sp³-hybridized carbons (Fsp3) is 0.286. The molecule has 0 unspecified atom stereocenters. The zero-order valence-corrected chi connectivity index (χ0v) is 12.0. The van der Waals surface area contributed by atoms with Crippen molar-refractivity contribution in [3.63, 3.8) is 0 Å². The average Bonchev–Trinajstić information content (AvgIpc) is 2.91. The van der Waals surface area contributed by atoms with E-state index in [0.29, 0.717) is 5.95 Å². The molecule has 0 aliphatic carbocycles. The van der Waals surface area contributed by atoms with Crippen LogP contribution >= 0.6 is 0 Å². The first-order valence-electron chi connectivity index (χ1n) is 6.45. The Morgan fingerprint density at radius 3 is 2.00 bits per heavy atom. The highest BCUT2D eigenvalue weighted by Gasteiger charge is 2.10. The zero-order valence-electron chi connectivity index (χ0n) is 12.0. The highest BCUT2D eigenvalue weighted by Crippen LogP contribution is 2.12. The lowest BCUT2D eigenvalue weighted by Gasteiger charge is -2.06. The van der Waals surface area contributed by atoms with E-state index in [1.165, 1.54) is 0 Å². The topological polar surface area (TPSA) is 61.4 Å². The second kappa shape index (κ2) is 4.56. The maximum absolute atomic E-state index is 4.55. The fourth-order valence-electron chi connectivity index (χ4n) is 2.25. The van der Waals surface area contributed by atoms with E-state index in [2.05, 4.69) is 20.2 Å². The molecule has 6 heteroatoms. The monoisotopic (exact) mass is 268 g/mol. The molecular weight excluding hydrogens is 252 g/mol. The van der Waals surface area contributed by atoms with Crippen molar-refractivity contribution >= 4 is 0 Å². The minimum atomic E-state index is 0.556. The lowest BCUT2D eigenvalue weighted by atomic mass is 10.4. The van der Waals surface area contributed by atoms with Crippen molar-refractivity contribution in [2.24, 2.45) is 0 Å². The summed E-state index contributed by atoms with van der Waals surface area (Å²) in [5.74, 6) is 1.30. The van der Waals surface area contributed by atoms with E-state index in [0.717, 1.165) is 28.6 Å². The minimum Gasteiger partial charge on any atom is -0.220 e. The Balaban J connectivity index is 2.10. The minimum absolute atomic E-state index is 0.556. The Labute approximate surface area is 117 Å². The van der Waals surface area contributed by atoms with Gasteiger partial charge in [-0.25, -0.2) is 14.3 Å². The van der Waals surface area contributed by atoms with Crippen LogP contribution in [0.25, 0.3) is 11.8 Å². The molecule has 0 fully saturated rings. The molecule has 3 aromatic heterocycles. The van der Waals surface area contributed by atoms with Crippen LogP contribution in [0.3, 0.4) is 0 Å². The summed E-state index contributed by atoms with van der Waals surface area (Å²) in [5, 5.41) is 8.84. The van der Waals surface area contributed by atoms with Crippen molar-refractivity contribution in [1.82, 2.24) is 29.5 Å². The molecule has 0 N–H and O–H groups in total. The molecule has 0 atom stereocenters. The normalized spacial score (nSPS) is 11.0. The van der Waals surface area contributed by atoms with E-state index in [4.69, 9.17) is 0 Å². The van der Waals surface area contributed by atoms with Crippen LogP contribution in [0.1, 0.15) is 22.8 Å². The van der Waals surface area contributed by atoms with Gasteiger partial charge in [-0.05, 0) is 39.8 Å². The Hall–Kier alpha value is -2.50. The quantitative estimate of drug-likeness (QED) is 0.714. The maximum Gasteiger partial charge on any atom is 0.252 e. The summed E-state index contributed by atoms with van der Waals surface area (Å²) >= 11 is 0. The average molecular weight is 268 g/mol. The van der Waals surface area contributed by atoms with Gasteiger partial charge in [0.05, 0.1) is 11.4 Å². The van der Waals surface area contributed by atoms with Crippen molar-refractivity contribution in [2.45, 2.75) is 27.7 Å². The molecule has 3 heterocycles. The number of aromatic nitrogens is 6. The summed E-state index contributed by atoms with van der Waals surface area (Å²) in [6, 6.07) is 5.86. The lowest BCUT2D eigenvalue weighted by Crippen LogP contribution is -2.09. The summed E-state index contributed by atoms with van der Waals surface area (Å²) in [4.78, 5) is 8.85. The first-order chi connectivity index (χ1) is 9.54. The third-order valence-corrected chi connectivity index (χ3v) is 3.05. The molecular formula is C14H16N6. The van der Waals surface area contributed by atoms with Gasteiger partial charge in [-0.15, -0.1) is 0 Å². The second-order valence-electron chi connectivity index (χ2n) is 4.89. The van der Waals surface area contributed by atoms with Crippen LogP contribution in [-0.4, -0.2) is 29.5 Å². The van der Waals surface area contributed by atoms with E-state index in [-0.39, 0.29) is 0 Å². The molecule has 3 aromatic rings. The number of rotatable bonds is 2. The molecule has 20 heavy (non-hydrogen) atoms. The van der Waals surface area contributed by atoms with Crippen LogP contribution in [-0.2, 0) is 0 Å². The molecule has 0 aromatic carbocycles. The smallest absolute Gasteiger partial charge is 0.220 e. The van der Waals surface area contributed by atoms with Crippen LogP contribution in [0.2, 0.25) is 0 Å². The molecule has 6 nitrogen and oxygen atoms in total. The van der Waals surface area contributed by atoms with Gasteiger partial charge < -0.3 is 0 Å². The molecule has 0 aliphatic heterocycles. The van der Waals surface area contributed by atoms with E-state index >= 15 is 0 Å². The molecule has 0 saturated heterocycles. The standard InChI is InChI=1S/C14H16N6/c1-9-7-11(3)19(17-9)13-5-6-15-14(16-13)20-12(4)8-10(2)18-20/h5-8H,1-4H3. The fourth-order valence-corrected chi connectivity index (χ4v) is 2.25. The Morgan fingerprint density at radius 1 is 0.850 bits per heavy atom. The molecule has 0 bridgehead atoms. The number of aryl methyl sites for hydroxylation is 4. The van der Waals surface area contributed by atoms with Gasteiger partial charge in [-0.2, -0.15) is 15.2 Å². The van der Waals surface area contributed by atoms with Crippen molar-refractivity contribution in [2.75, 3.05) is 0 Å². The van der Waals surface area contributed by atoms with Gasteiger partial charge in [-0.1, -0.05) is 0 Å². The third kappa shape index (κ3) is 2.09. The number of hydrogen-bond acceptors (Lipinski definition) is 4. The molecule has 0 saturated carbocycles. The van der Waals surface area contributed by atoms with Gasteiger partial charge in [0.2, 0.25) is 0 Å². The summed E-state index contributed by atoms with van der Waals surface area (Å²) < 4.78 is 3.55. The SMILES string of the molecule is Cc1cc(C)n(-c2ccnc(-n3nc(C)cc3C)n2)n1. The lowest BCUT2D eigenvalue weighted by molar-refractivity contribution is 0.743. The molecule has 0 spiro atoms. The van der Waals surface area contributed by atoms with Gasteiger partial charge in [-0.3, -0.25) is 0 Å². The van der Waals surface area contributed by atoms with Crippen molar-refractivity contribution < 1.29 is 0 Å². The van der Waals surface area contributed by atoms with E-state index in [1.54, 1.807) is 10.9 Å². The Morgan fingerprint density at radius 2 is 1.45 bits per heavy atom. The number of hydrogen-bond donors (Lipinski definition) is 0. The second-order valence-corrected chi connectivity index (χ2v) is 4.89. The van der Waals surface area contributed by atoms with Crippen LogP contribution in [0.5, 0.6) is 0 Å². The van der Waals surface area contributed by atoms with Crippen LogP contribution < -0.4 is 0 Å². The molecule has 0 aliphatic rings. The molecule has 3 rings (SSSR count). The van der Waals surface area contributed by atoms with E-state index in [9.17, 15) is 0 Å². The van der Waals surface area contributed by atoms with E-state index < -0.39 is 0 Å².